The number of rotatable bonds is 8. The van der Waals surface area contributed by atoms with Crippen LogP contribution in [0.5, 0.6) is 0 Å². The average molecular weight is 498 g/mol. The lowest BCUT2D eigenvalue weighted by Crippen LogP contribution is -2.30. The monoisotopic (exact) mass is 497 g/mol. The number of thiazole rings is 1. The number of hydrogen-bond donors (Lipinski definition) is 0. The molecule has 0 aliphatic heterocycles. The summed E-state index contributed by atoms with van der Waals surface area (Å²) in [6.45, 7) is 5.29. The number of halogens is 1. The van der Waals surface area contributed by atoms with Crippen LogP contribution < -0.4 is 4.90 Å². The van der Waals surface area contributed by atoms with Gasteiger partial charge in [-0.05, 0) is 49.1 Å². The van der Waals surface area contributed by atoms with E-state index in [0.717, 1.165) is 34.3 Å². The molecule has 4 rings (SSSR count). The van der Waals surface area contributed by atoms with Gasteiger partial charge in [0.05, 0.1) is 21.5 Å². The van der Waals surface area contributed by atoms with E-state index in [1.807, 2.05) is 30.7 Å². The van der Waals surface area contributed by atoms with Crippen molar-refractivity contribution in [1.82, 2.24) is 14.5 Å². The molecular formula is C24H24ClN5O3S. The fourth-order valence-corrected chi connectivity index (χ4v) is 4.52. The van der Waals surface area contributed by atoms with Crippen LogP contribution in [0.15, 0.2) is 61.2 Å². The Kier molecular flexibility index (Phi) is 8.14. The molecule has 0 fully saturated rings. The number of carbonyl (C=O) groups is 1. The van der Waals surface area contributed by atoms with Gasteiger partial charge >= 0.3 is 0 Å². The number of aromatic nitrogens is 3. The number of fused-ring (bicyclic) bond motifs is 1. The standard InChI is InChI=1S/C24H23N5O3S.ClH/c1-17-7-9-21-23(18(17)2)26-24(33-21)28(13-4-12-27-14-11-25-16-27)22(30)10-8-19-5-3-6-20(15-19)29(31)32;/h3,5-11,14-16H,4,12-13H2,1-2H3;1H/b10-8+;. The molecule has 0 atom stereocenters. The van der Waals surface area contributed by atoms with Crippen molar-refractivity contribution in [3.05, 3.63) is 88.0 Å². The van der Waals surface area contributed by atoms with Gasteiger partial charge in [-0.25, -0.2) is 9.97 Å². The molecule has 2 aromatic carbocycles. The Morgan fingerprint density at radius 2 is 2.09 bits per heavy atom. The summed E-state index contributed by atoms with van der Waals surface area (Å²) in [4.78, 5) is 34.3. The number of nitrogens with zero attached hydrogens (tertiary/aromatic N) is 5. The van der Waals surface area contributed by atoms with Crippen LogP contribution in [0.4, 0.5) is 10.8 Å². The molecule has 0 unspecified atom stereocenters. The topological polar surface area (TPSA) is 94.2 Å². The first-order valence-corrected chi connectivity index (χ1v) is 11.3. The number of benzene rings is 2. The zero-order valence-corrected chi connectivity index (χ0v) is 20.4. The van der Waals surface area contributed by atoms with E-state index in [2.05, 4.69) is 11.1 Å². The maximum absolute atomic E-state index is 13.2. The molecule has 4 aromatic rings. The third-order valence-electron chi connectivity index (χ3n) is 5.43. The second-order valence-electron chi connectivity index (χ2n) is 7.68. The third-order valence-corrected chi connectivity index (χ3v) is 6.47. The van der Waals surface area contributed by atoms with Gasteiger partial charge in [0.1, 0.15) is 0 Å². The normalized spacial score (nSPS) is 11.0. The minimum absolute atomic E-state index is 0. The van der Waals surface area contributed by atoms with E-state index in [1.54, 1.807) is 35.6 Å². The van der Waals surface area contributed by atoms with Crippen molar-refractivity contribution in [1.29, 1.82) is 0 Å². The maximum atomic E-state index is 13.2. The SMILES string of the molecule is Cc1ccc2sc(N(CCCn3ccnc3)C(=O)/C=C/c3cccc([N+](=O)[O-])c3)nc2c1C.Cl. The Bertz CT molecular complexity index is 1330. The van der Waals surface area contributed by atoms with E-state index < -0.39 is 4.92 Å². The molecule has 8 nitrogen and oxygen atoms in total. The van der Waals surface area contributed by atoms with Crippen molar-refractivity contribution in [2.24, 2.45) is 0 Å². The molecule has 2 heterocycles. The lowest BCUT2D eigenvalue weighted by Gasteiger charge is -2.18. The number of carbonyl (C=O) groups excluding carboxylic acids is 1. The lowest BCUT2D eigenvalue weighted by atomic mass is 10.1. The molecular weight excluding hydrogens is 474 g/mol. The number of anilines is 1. The van der Waals surface area contributed by atoms with Crippen LogP contribution in [0.3, 0.4) is 0 Å². The number of nitro benzene ring substituents is 1. The fourth-order valence-electron chi connectivity index (χ4n) is 3.46. The van der Waals surface area contributed by atoms with E-state index in [9.17, 15) is 14.9 Å². The molecule has 0 aliphatic rings. The van der Waals surface area contributed by atoms with Crippen LogP contribution in [0.25, 0.3) is 16.3 Å². The summed E-state index contributed by atoms with van der Waals surface area (Å²) in [5, 5.41) is 11.7. The van der Waals surface area contributed by atoms with Crippen molar-refractivity contribution < 1.29 is 9.72 Å². The largest absolute Gasteiger partial charge is 0.337 e. The number of imidazole rings is 1. The van der Waals surface area contributed by atoms with E-state index in [0.29, 0.717) is 17.2 Å². The first-order chi connectivity index (χ1) is 15.9. The van der Waals surface area contributed by atoms with E-state index in [1.165, 1.54) is 29.5 Å². The Hall–Kier alpha value is -3.56. The summed E-state index contributed by atoms with van der Waals surface area (Å²) in [6, 6.07) is 10.3. The number of hydrogen-bond acceptors (Lipinski definition) is 6. The number of aryl methyl sites for hydroxylation is 3. The van der Waals surface area contributed by atoms with Gasteiger partial charge in [0, 0.05) is 43.7 Å². The zero-order valence-electron chi connectivity index (χ0n) is 18.7. The summed E-state index contributed by atoms with van der Waals surface area (Å²) >= 11 is 1.48. The van der Waals surface area contributed by atoms with Gasteiger partial charge in [-0.15, -0.1) is 12.4 Å². The van der Waals surface area contributed by atoms with Crippen molar-refractivity contribution in [2.45, 2.75) is 26.8 Å². The molecule has 10 heteroatoms. The molecule has 0 spiro atoms. The third kappa shape index (κ3) is 5.67. The average Bonchev–Trinajstić information content (AvgIpc) is 3.48. The quantitative estimate of drug-likeness (QED) is 0.180. The zero-order chi connectivity index (χ0) is 23.4. The highest BCUT2D eigenvalue weighted by Gasteiger charge is 2.19. The van der Waals surface area contributed by atoms with Crippen LogP contribution in [-0.2, 0) is 11.3 Å². The predicted octanol–water partition coefficient (Wildman–Crippen LogP) is 5.58. The van der Waals surface area contributed by atoms with Crippen LogP contribution in [0, 0.1) is 24.0 Å². The van der Waals surface area contributed by atoms with Gasteiger partial charge in [-0.2, -0.15) is 0 Å². The second-order valence-corrected chi connectivity index (χ2v) is 8.69. The summed E-state index contributed by atoms with van der Waals surface area (Å²) in [6.07, 6.45) is 9.13. The molecule has 0 aliphatic carbocycles. The van der Waals surface area contributed by atoms with E-state index in [4.69, 9.17) is 4.98 Å². The highest BCUT2D eigenvalue weighted by atomic mass is 35.5. The number of nitro groups is 1. The van der Waals surface area contributed by atoms with E-state index in [-0.39, 0.29) is 24.0 Å². The first-order valence-electron chi connectivity index (χ1n) is 10.5. The number of amides is 1. The lowest BCUT2D eigenvalue weighted by molar-refractivity contribution is -0.384. The van der Waals surface area contributed by atoms with Crippen LogP contribution in [0.1, 0.15) is 23.1 Å². The summed E-state index contributed by atoms with van der Waals surface area (Å²) in [7, 11) is 0. The van der Waals surface area contributed by atoms with Crippen molar-refractivity contribution >= 4 is 56.8 Å². The maximum Gasteiger partial charge on any atom is 0.270 e. The molecule has 0 saturated heterocycles. The summed E-state index contributed by atoms with van der Waals surface area (Å²) in [5.74, 6) is -0.222. The van der Waals surface area contributed by atoms with Crippen molar-refractivity contribution in [3.63, 3.8) is 0 Å². The summed E-state index contributed by atoms with van der Waals surface area (Å²) in [5.41, 5.74) is 3.74. The molecule has 0 N–H and O–H groups in total. The Labute approximate surface area is 207 Å². The Morgan fingerprint density at radius 1 is 1.26 bits per heavy atom. The van der Waals surface area contributed by atoms with Crippen LogP contribution >= 0.6 is 23.7 Å². The van der Waals surface area contributed by atoms with Gasteiger partial charge in [0.2, 0.25) is 0 Å². The fraction of sp³-hybridized carbons (Fsp3) is 0.208. The highest BCUT2D eigenvalue weighted by molar-refractivity contribution is 7.22. The molecule has 0 bridgehead atoms. The van der Waals surface area contributed by atoms with E-state index >= 15 is 0 Å². The van der Waals surface area contributed by atoms with Crippen molar-refractivity contribution in [3.8, 4) is 0 Å². The molecule has 34 heavy (non-hydrogen) atoms. The first kappa shape index (κ1) is 25.1. The second kappa shape index (κ2) is 11.0. The van der Waals surface area contributed by atoms with Gasteiger partial charge in [-0.3, -0.25) is 19.8 Å². The molecule has 1 amide bonds. The predicted molar refractivity (Wildman–Crippen MR) is 138 cm³/mol. The minimum Gasteiger partial charge on any atom is -0.337 e. The highest BCUT2D eigenvalue weighted by Crippen LogP contribution is 2.32. The Morgan fingerprint density at radius 3 is 2.82 bits per heavy atom. The van der Waals surface area contributed by atoms with Crippen molar-refractivity contribution in [2.75, 3.05) is 11.4 Å². The Balaban J connectivity index is 0.00000324. The van der Waals surface area contributed by atoms with Crippen LogP contribution in [0.2, 0.25) is 0 Å². The number of non-ortho nitro benzene ring substituents is 1. The van der Waals surface area contributed by atoms with Crippen LogP contribution in [-0.4, -0.2) is 31.9 Å². The molecule has 0 radical (unpaired) electrons. The van der Waals surface area contributed by atoms with Gasteiger partial charge < -0.3 is 4.57 Å². The van der Waals surface area contributed by atoms with Gasteiger partial charge in [0.25, 0.3) is 11.6 Å². The molecule has 0 saturated carbocycles. The minimum atomic E-state index is -0.451. The smallest absolute Gasteiger partial charge is 0.270 e. The van der Waals surface area contributed by atoms with Gasteiger partial charge in [-0.1, -0.05) is 29.5 Å². The summed E-state index contributed by atoms with van der Waals surface area (Å²) < 4.78 is 3.00. The molecule has 2 aromatic heterocycles. The molecule has 176 valence electrons. The van der Waals surface area contributed by atoms with Gasteiger partial charge in [0.15, 0.2) is 5.13 Å².